The monoisotopic (exact) mass is 289 g/mol. The lowest BCUT2D eigenvalue weighted by atomic mass is 10.2. The van der Waals surface area contributed by atoms with E-state index in [4.69, 9.17) is 5.11 Å². The first-order valence-electron chi connectivity index (χ1n) is 6.71. The van der Waals surface area contributed by atoms with Crippen LogP contribution in [0.2, 0.25) is 0 Å². The van der Waals surface area contributed by atoms with E-state index in [2.05, 4.69) is 0 Å². The Bertz CT molecular complexity index is 373. The topological polar surface area (TPSA) is 74.7 Å². The lowest BCUT2D eigenvalue weighted by Gasteiger charge is -2.27. The molecule has 0 aromatic heterocycles. The third-order valence-corrected chi connectivity index (χ3v) is 5.63. The van der Waals surface area contributed by atoms with E-state index in [1.54, 1.807) is 11.8 Å². The summed E-state index contributed by atoms with van der Waals surface area (Å²) in [7, 11) is -1.73. The van der Waals surface area contributed by atoms with Crippen LogP contribution in [0.3, 0.4) is 0 Å². The van der Waals surface area contributed by atoms with Crippen LogP contribution in [0.4, 0.5) is 0 Å². The van der Waals surface area contributed by atoms with E-state index in [-0.39, 0.29) is 5.91 Å². The molecule has 0 aromatic carbocycles. The van der Waals surface area contributed by atoms with Crippen LogP contribution in [0.15, 0.2) is 0 Å². The fourth-order valence-electron chi connectivity index (χ4n) is 2.17. The molecule has 2 unspecified atom stereocenters. The Balaban J connectivity index is 2.75. The van der Waals surface area contributed by atoms with Crippen molar-refractivity contribution in [2.24, 2.45) is 0 Å². The SMILES string of the molecule is CC(C(=O)N1CCCCCC1)S(=O)C(C)(C)C(=O)O. The van der Waals surface area contributed by atoms with Crippen LogP contribution >= 0.6 is 0 Å². The molecule has 110 valence electrons. The summed E-state index contributed by atoms with van der Waals surface area (Å²) in [5.74, 6) is -1.32. The van der Waals surface area contributed by atoms with Gasteiger partial charge in [-0.1, -0.05) is 12.8 Å². The molecule has 1 rings (SSSR count). The molecular formula is C13H23NO4S. The number of carboxylic acids is 1. The van der Waals surface area contributed by atoms with Crippen molar-refractivity contribution in [1.82, 2.24) is 4.90 Å². The maximum absolute atomic E-state index is 12.3. The van der Waals surface area contributed by atoms with Crippen LogP contribution in [-0.2, 0) is 20.4 Å². The van der Waals surface area contributed by atoms with E-state index >= 15 is 0 Å². The normalized spacial score (nSPS) is 20.5. The predicted molar refractivity (Wildman–Crippen MR) is 74.4 cm³/mol. The molecule has 2 atom stereocenters. The van der Waals surface area contributed by atoms with E-state index in [1.807, 2.05) is 0 Å². The van der Waals surface area contributed by atoms with Gasteiger partial charge in [0.05, 0.1) is 10.8 Å². The first-order chi connectivity index (χ1) is 8.78. The first-order valence-corrected chi connectivity index (χ1v) is 7.92. The summed E-state index contributed by atoms with van der Waals surface area (Å²) < 4.78 is 10.9. The Morgan fingerprint density at radius 3 is 2.05 bits per heavy atom. The summed E-state index contributed by atoms with van der Waals surface area (Å²) in [5, 5.41) is 8.31. The number of carbonyl (C=O) groups excluding carboxylic acids is 1. The van der Waals surface area contributed by atoms with Crippen molar-refractivity contribution in [3.05, 3.63) is 0 Å². The smallest absolute Gasteiger partial charge is 0.321 e. The summed E-state index contributed by atoms with van der Waals surface area (Å²) in [4.78, 5) is 25.1. The van der Waals surface area contributed by atoms with Gasteiger partial charge in [0.1, 0.15) is 10.00 Å². The number of hydrogen-bond donors (Lipinski definition) is 1. The van der Waals surface area contributed by atoms with E-state index in [9.17, 15) is 13.8 Å². The van der Waals surface area contributed by atoms with Gasteiger partial charge in [-0.25, -0.2) is 0 Å². The first kappa shape index (κ1) is 16.1. The highest BCUT2D eigenvalue weighted by atomic mass is 32.2. The van der Waals surface area contributed by atoms with Gasteiger partial charge in [0.15, 0.2) is 0 Å². The van der Waals surface area contributed by atoms with Crippen LogP contribution in [0, 0.1) is 0 Å². The van der Waals surface area contributed by atoms with Gasteiger partial charge in [-0.15, -0.1) is 0 Å². The molecule has 19 heavy (non-hydrogen) atoms. The van der Waals surface area contributed by atoms with E-state index in [0.717, 1.165) is 25.7 Å². The summed E-state index contributed by atoms with van der Waals surface area (Å²) in [6.45, 7) is 5.74. The molecule has 0 saturated carbocycles. The molecular weight excluding hydrogens is 266 g/mol. The van der Waals surface area contributed by atoms with Gasteiger partial charge >= 0.3 is 5.97 Å². The van der Waals surface area contributed by atoms with Crippen molar-refractivity contribution in [2.75, 3.05) is 13.1 Å². The highest BCUT2D eigenvalue weighted by Gasteiger charge is 2.40. The van der Waals surface area contributed by atoms with Gasteiger partial charge in [0.2, 0.25) is 5.91 Å². The molecule has 0 aliphatic carbocycles. The predicted octanol–water partition coefficient (Wildman–Crippen LogP) is 1.39. The Morgan fingerprint density at radius 2 is 1.63 bits per heavy atom. The summed E-state index contributed by atoms with van der Waals surface area (Å²) in [6, 6.07) is 0. The molecule has 1 aliphatic rings. The van der Waals surface area contributed by atoms with E-state index in [0.29, 0.717) is 13.1 Å². The fourth-order valence-corrected chi connectivity index (χ4v) is 3.56. The lowest BCUT2D eigenvalue weighted by molar-refractivity contribution is -0.139. The zero-order valence-electron chi connectivity index (χ0n) is 11.8. The second-order valence-corrected chi connectivity index (χ2v) is 7.82. The summed E-state index contributed by atoms with van der Waals surface area (Å²) in [6.07, 6.45) is 4.16. The Morgan fingerprint density at radius 1 is 1.16 bits per heavy atom. The molecule has 6 heteroatoms. The largest absolute Gasteiger partial charge is 0.480 e. The van der Waals surface area contributed by atoms with Crippen LogP contribution in [0.5, 0.6) is 0 Å². The third kappa shape index (κ3) is 3.78. The van der Waals surface area contributed by atoms with Gasteiger partial charge in [0, 0.05) is 13.1 Å². The molecule has 1 heterocycles. The molecule has 0 aromatic rings. The van der Waals surface area contributed by atoms with Crippen molar-refractivity contribution in [3.8, 4) is 0 Å². The summed E-state index contributed by atoms with van der Waals surface area (Å²) >= 11 is 0. The second-order valence-electron chi connectivity index (χ2n) is 5.49. The maximum atomic E-state index is 12.3. The molecule has 1 aliphatic heterocycles. The van der Waals surface area contributed by atoms with Gasteiger partial charge in [-0.2, -0.15) is 0 Å². The number of likely N-dealkylation sites (tertiary alicyclic amines) is 1. The molecule has 0 spiro atoms. The van der Waals surface area contributed by atoms with Crippen LogP contribution < -0.4 is 0 Å². The molecule has 1 N–H and O–H groups in total. The van der Waals surface area contributed by atoms with Crippen LogP contribution in [0.25, 0.3) is 0 Å². The number of amides is 1. The number of carboxylic acid groups (broad SMARTS) is 1. The highest BCUT2D eigenvalue weighted by Crippen LogP contribution is 2.20. The molecule has 5 nitrogen and oxygen atoms in total. The second kappa shape index (κ2) is 6.50. The Labute approximate surface area is 116 Å². The molecule has 0 bridgehead atoms. The molecule has 0 radical (unpaired) electrons. The zero-order valence-corrected chi connectivity index (χ0v) is 12.7. The van der Waals surface area contributed by atoms with Crippen molar-refractivity contribution in [1.29, 1.82) is 0 Å². The van der Waals surface area contributed by atoms with Crippen molar-refractivity contribution in [2.45, 2.75) is 56.5 Å². The minimum Gasteiger partial charge on any atom is -0.480 e. The number of carbonyl (C=O) groups is 2. The number of aliphatic carboxylic acids is 1. The van der Waals surface area contributed by atoms with Crippen LogP contribution in [0.1, 0.15) is 46.5 Å². The minimum absolute atomic E-state index is 0.186. The van der Waals surface area contributed by atoms with Crippen molar-refractivity contribution >= 4 is 22.7 Å². The van der Waals surface area contributed by atoms with Crippen LogP contribution in [-0.4, -0.2) is 49.2 Å². The molecule has 1 saturated heterocycles. The van der Waals surface area contributed by atoms with Gasteiger partial charge in [-0.3, -0.25) is 13.8 Å². The zero-order chi connectivity index (χ0) is 14.6. The van der Waals surface area contributed by atoms with Crippen molar-refractivity contribution < 1.29 is 18.9 Å². The third-order valence-electron chi connectivity index (χ3n) is 3.60. The van der Waals surface area contributed by atoms with Gasteiger partial charge < -0.3 is 10.0 Å². The molecule has 1 amide bonds. The number of hydrogen-bond acceptors (Lipinski definition) is 3. The lowest BCUT2D eigenvalue weighted by Crippen LogP contribution is -2.47. The van der Waals surface area contributed by atoms with E-state index in [1.165, 1.54) is 13.8 Å². The average molecular weight is 289 g/mol. The quantitative estimate of drug-likeness (QED) is 0.848. The van der Waals surface area contributed by atoms with Gasteiger partial charge in [-0.05, 0) is 33.6 Å². The number of nitrogens with zero attached hydrogens (tertiary/aromatic N) is 1. The van der Waals surface area contributed by atoms with E-state index < -0.39 is 26.8 Å². The average Bonchev–Trinajstić information content (AvgIpc) is 2.64. The summed E-state index contributed by atoms with van der Waals surface area (Å²) in [5.41, 5.74) is 0. The Hall–Kier alpha value is -0.910. The Kier molecular flexibility index (Phi) is 5.52. The number of rotatable bonds is 4. The molecule has 1 fully saturated rings. The highest BCUT2D eigenvalue weighted by molar-refractivity contribution is 7.88. The van der Waals surface area contributed by atoms with Crippen molar-refractivity contribution in [3.63, 3.8) is 0 Å². The van der Waals surface area contributed by atoms with Gasteiger partial charge in [0.25, 0.3) is 0 Å². The minimum atomic E-state index is -1.73. The fraction of sp³-hybridized carbons (Fsp3) is 0.846. The maximum Gasteiger partial charge on any atom is 0.321 e. The standard InChI is InChI=1S/C13H23NO4S/c1-10(19(18)13(2,3)12(16)17)11(15)14-8-6-4-5-7-9-14/h10H,4-9H2,1-3H3,(H,16,17).